The Kier molecular flexibility index (Phi) is 6.72. The molecule has 0 radical (unpaired) electrons. The first-order valence-electron chi connectivity index (χ1n) is 9.04. The van der Waals surface area contributed by atoms with Crippen molar-refractivity contribution in [1.29, 1.82) is 0 Å². The van der Waals surface area contributed by atoms with Gasteiger partial charge in [0, 0.05) is 28.3 Å². The van der Waals surface area contributed by atoms with Gasteiger partial charge in [-0.1, -0.05) is 12.1 Å². The first kappa shape index (κ1) is 21.2. The van der Waals surface area contributed by atoms with E-state index in [1.54, 1.807) is 0 Å². The van der Waals surface area contributed by atoms with Gasteiger partial charge in [0.2, 0.25) is 15.9 Å². The maximum absolute atomic E-state index is 13.0. The maximum Gasteiger partial charge on any atom is 0.227 e. The number of anilines is 1. The highest BCUT2D eigenvalue weighted by Crippen LogP contribution is 2.24. The highest BCUT2D eigenvalue weighted by Gasteiger charge is 2.31. The molecule has 2 aromatic rings. The number of benzene rings is 2. The summed E-state index contributed by atoms with van der Waals surface area (Å²) in [6, 6.07) is 11.3. The van der Waals surface area contributed by atoms with Crippen molar-refractivity contribution in [2.45, 2.75) is 25.5 Å². The first-order chi connectivity index (χ1) is 13.2. The molecule has 1 saturated heterocycles. The van der Waals surface area contributed by atoms with Crippen molar-refractivity contribution in [3.63, 3.8) is 0 Å². The van der Waals surface area contributed by atoms with Gasteiger partial charge in [0.1, 0.15) is 5.82 Å². The van der Waals surface area contributed by atoms with Crippen LogP contribution in [0.3, 0.4) is 0 Å². The number of hydrogen-bond acceptors (Lipinski definition) is 3. The third-order valence-electron chi connectivity index (χ3n) is 4.93. The number of piperidine rings is 1. The van der Waals surface area contributed by atoms with E-state index in [2.05, 4.69) is 27.9 Å². The molecule has 8 heteroatoms. The highest BCUT2D eigenvalue weighted by molar-refractivity contribution is 14.1. The van der Waals surface area contributed by atoms with E-state index in [1.807, 2.05) is 25.1 Å². The van der Waals surface area contributed by atoms with Gasteiger partial charge in [-0.3, -0.25) is 4.79 Å². The Morgan fingerprint density at radius 1 is 1.18 bits per heavy atom. The van der Waals surface area contributed by atoms with E-state index < -0.39 is 15.8 Å². The van der Waals surface area contributed by atoms with Gasteiger partial charge >= 0.3 is 0 Å². The third kappa shape index (κ3) is 5.30. The molecule has 1 aliphatic heterocycles. The molecule has 0 spiro atoms. The van der Waals surface area contributed by atoms with Gasteiger partial charge in [-0.25, -0.2) is 17.1 Å². The Balaban J connectivity index is 1.57. The number of nitrogens with zero attached hydrogens (tertiary/aromatic N) is 1. The molecule has 0 aliphatic carbocycles. The van der Waals surface area contributed by atoms with E-state index >= 15 is 0 Å². The van der Waals surface area contributed by atoms with Gasteiger partial charge in [-0.15, -0.1) is 0 Å². The van der Waals surface area contributed by atoms with Crippen LogP contribution < -0.4 is 5.32 Å². The number of rotatable bonds is 5. The molecule has 0 bridgehead atoms. The molecule has 28 heavy (non-hydrogen) atoms. The fourth-order valence-electron chi connectivity index (χ4n) is 3.28. The van der Waals surface area contributed by atoms with Crippen LogP contribution in [0.25, 0.3) is 0 Å². The van der Waals surface area contributed by atoms with Crippen LogP contribution in [-0.2, 0) is 20.6 Å². The van der Waals surface area contributed by atoms with Crippen LogP contribution in [-0.4, -0.2) is 31.7 Å². The molecule has 0 atom stereocenters. The van der Waals surface area contributed by atoms with Crippen LogP contribution in [0, 0.1) is 22.2 Å². The van der Waals surface area contributed by atoms with Crippen LogP contribution in [0.15, 0.2) is 42.5 Å². The zero-order valence-electron chi connectivity index (χ0n) is 15.5. The van der Waals surface area contributed by atoms with Crippen LogP contribution in [0.1, 0.15) is 24.0 Å². The minimum atomic E-state index is -3.49. The Morgan fingerprint density at radius 2 is 1.82 bits per heavy atom. The molecular formula is C20H22FIN2O3S. The molecule has 1 N–H and O–H groups in total. The van der Waals surface area contributed by atoms with Crippen molar-refractivity contribution in [3.8, 4) is 0 Å². The first-order valence-corrected chi connectivity index (χ1v) is 11.7. The summed E-state index contributed by atoms with van der Waals surface area (Å²) in [4.78, 5) is 12.6. The predicted octanol–water partition coefficient (Wildman–Crippen LogP) is 3.92. The van der Waals surface area contributed by atoms with Crippen LogP contribution in [0.2, 0.25) is 0 Å². The summed E-state index contributed by atoms with van der Waals surface area (Å²) in [7, 11) is -3.49. The lowest BCUT2D eigenvalue weighted by Gasteiger charge is -2.30. The number of nitrogens with one attached hydrogen (secondary N) is 1. The summed E-state index contributed by atoms with van der Waals surface area (Å²) < 4.78 is 40.8. The van der Waals surface area contributed by atoms with E-state index in [1.165, 1.54) is 28.6 Å². The van der Waals surface area contributed by atoms with Gasteiger partial charge in [-0.05, 0) is 83.8 Å². The van der Waals surface area contributed by atoms with E-state index in [0.29, 0.717) is 31.5 Å². The number of aryl methyl sites for hydroxylation is 1. The average molecular weight is 516 g/mol. The molecule has 1 aliphatic rings. The number of amides is 1. The molecule has 150 valence electrons. The molecule has 0 aromatic heterocycles. The topological polar surface area (TPSA) is 66.5 Å². The van der Waals surface area contributed by atoms with Gasteiger partial charge in [0.15, 0.2) is 0 Å². The van der Waals surface area contributed by atoms with Crippen LogP contribution >= 0.6 is 22.6 Å². The van der Waals surface area contributed by atoms with Gasteiger partial charge in [0.25, 0.3) is 0 Å². The zero-order valence-corrected chi connectivity index (χ0v) is 18.5. The molecule has 0 unspecified atom stereocenters. The molecule has 0 saturated carbocycles. The van der Waals surface area contributed by atoms with Crippen molar-refractivity contribution >= 4 is 44.2 Å². The number of carbonyl (C=O) groups is 1. The van der Waals surface area contributed by atoms with Gasteiger partial charge in [-0.2, -0.15) is 0 Å². The quantitative estimate of drug-likeness (QED) is 0.613. The molecule has 1 heterocycles. The summed E-state index contributed by atoms with van der Waals surface area (Å²) in [6.45, 7) is 2.57. The van der Waals surface area contributed by atoms with Gasteiger partial charge in [0.05, 0.1) is 5.75 Å². The number of carbonyl (C=O) groups excluding carboxylic acids is 1. The van der Waals surface area contributed by atoms with Crippen LogP contribution in [0.4, 0.5) is 10.1 Å². The number of sulfonamides is 1. The Bertz CT molecular complexity index is 956. The van der Waals surface area contributed by atoms with E-state index in [9.17, 15) is 17.6 Å². The summed E-state index contributed by atoms with van der Waals surface area (Å²) in [5.41, 5.74) is 2.34. The normalized spacial score (nSPS) is 16.1. The molecule has 1 amide bonds. The van der Waals surface area contributed by atoms with E-state index in [-0.39, 0.29) is 17.6 Å². The summed E-state index contributed by atoms with van der Waals surface area (Å²) in [5, 5.41) is 2.96. The fraction of sp³-hybridized carbons (Fsp3) is 0.350. The summed E-state index contributed by atoms with van der Waals surface area (Å²) >= 11 is 2.22. The zero-order chi connectivity index (χ0) is 20.3. The molecule has 3 rings (SSSR count). The molecule has 5 nitrogen and oxygen atoms in total. The molecule has 2 aromatic carbocycles. The van der Waals surface area contributed by atoms with Crippen molar-refractivity contribution in [3.05, 3.63) is 63.0 Å². The summed E-state index contributed by atoms with van der Waals surface area (Å²) in [5.74, 6) is -0.835. The lowest BCUT2D eigenvalue weighted by Crippen LogP contribution is -2.41. The SMILES string of the molecule is Cc1cc(I)ccc1NC(=O)C1CCN(S(=O)(=O)Cc2ccc(F)cc2)CC1. The second-order valence-electron chi connectivity index (χ2n) is 7.00. The smallest absolute Gasteiger partial charge is 0.227 e. The summed E-state index contributed by atoms with van der Waals surface area (Å²) in [6.07, 6.45) is 0.968. The number of hydrogen-bond donors (Lipinski definition) is 1. The third-order valence-corrected chi connectivity index (χ3v) is 7.45. The van der Waals surface area contributed by atoms with Crippen molar-refractivity contribution in [1.82, 2.24) is 4.31 Å². The maximum atomic E-state index is 13.0. The molecular weight excluding hydrogens is 494 g/mol. The van der Waals surface area contributed by atoms with Crippen LogP contribution in [0.5, 0.6) is 0 Å². The minimum Gasteiger partial charge on any atom is -0.326 e. The standard InChI is InChI=1S/C20H22FIN2O3S/c1-14-12-18(22)6-7-19(14)23-20(25)16-8-10-24(11-9-16)28(26,27)13-15-2-4-17(21)5-3-15/h2-7,12,16H,8-11,13H2,1H3,(H,23,25). The monoisotopic (exact) mass is 516 g/mol. The Labute approximate surface area is 178 Å². The highest BCUT2D eigenvalue weighted by atomic mass is 127. The Morgan fingerprint density at radius 3 is 2.43 bits per heavy atom. The van der Waals surface area contributed by atoms with E-state index in [4.69, 9.17) is 0 Å². The molecule has 1 fully saturated rings. The second kappa shape index (κ2) is 8.87. The lowest BCUT2D eigenvalue weighted by atomic mass is 9.97. The second-order valence-corrected chi connectivity index (χ2v) is 10.2. The Hall–Kier alpha value is -1.52. The number of halogens is 2. The predicted molar refractivity (Wildman–Crippen MR) is 116 cm³/mol. The van der Waals surface area contributed by atoms with Gasteiger partial charge < -0.3 is 5.32 Å². The van der Waals surface area contributed by atoms with Crippen molar-refractivity contribution < 1.29 is 17.6 Å². The van der Waals surface area contributed by atoms with Crippen molar-refractivity contribution in [2.24, 2.45) is 5.92 Å². The fourth-order valence-corrected chi connectivity index (χ4v) is 5.49. The minimum absolute atomic E-state index is 0.0695. The largest absolute Gasteiger partial charge is 0.326 e. The van der Waals surface area contributed by atoms with Crippen molar-refractivity contribution in [2.75, 3.05) is 18.4 Å². The lowest BCUT2D eigenvalue weighted by molar-refractivity contribution is -0.120. The van der Waals surface area contributed by atoms with E-state index in [0.717, 1.165) is 14.8 Å². The average Bonchev–Trinajstić information content (AvgIpc) is 2.66.